The van der Waals surface area contributed by atoms with Gasteiger partial charge in [-0.15, -0.1) is 0 Å². The van der Waals surface area contributed by atoms with Gasteiger partial charge in [-0.2, -0.15) is 8.78 Å². The molecule has 2 rings (SSSR count). The van der Waals surface area contributed by atoms with Crippen molar-refractivity contribution in [3.05, 3.63) is 23.8 Å². The van der Waals surface area contributed by atoms with Crippen LogP contribution in [-0.4, -0.2) is 30.9 Å². The third kappa shape index (κ3) is 4.28. The maximum absolute atomic E-state index is 12.4. The molecule has 118 valence electrons. The van der Waals surface area contributed by atoms with Crippen LogP contribution < -0.4 is 14.8 Å². The SMILES string of the molecule is CCOc1cc(C(O)C2CCCCN2)ccc1OC(F)F. The molecule has 0 aliphatic carbocycles. The van der Waals surface area contributed by atoms with Gasteiger partial charge in [0.05, 0.1) is 12.7 Å². The molecule has 6 heteroatoms. The topological polar surface area (TPSA) is 50.7 Å². The summed E-state index contributed by atoms with van der Waals surface area (Å²) in [5, 5.41) is 13.7. The van der Waals surface area contributed by atoms with Crippen LogP contribution in [0.3, 0.4) is 0 Å². The molecule has 0 bridgehead atoms. The molecule has 1 saturated heterocycles. The van der Waals surface area contributed by atoms with Gasteiger partial charge in [-0.25, -0.2) is 0 Å². The standard InChI is InChI=1S/C15H21F2NO3/c1-2-20-13-9-10(6-7-12(13)21-15(16)17)14(19)11-5-3-4-8-18-11/h6-7,9,11,14-15,18-19H,2-5,8H2,1H3. The fourth-order valence-corrected chi connectivity index (χ4v) is 2.55. The molecule has 1 aromatic carbocycles. The summed E-state index contributed by atoms with van der Waals surface area (Å²) in [5.41, 5.74) is 0.638. The summed E-state index contributed by atoms with van der Waals surface area (Å²) in [5.74, 6) is 0.213. The van der Waals surface area contributed by atoms with Crippen molar-refractivity contribution in [2.24, 2.45) is 0 Å². The predicted octanol–water partition coefficient (Wildman–Crippen LogP) is 2.86. The smallest absolute Gasteiger partial charge is 0.387 e. The van der Waals surface area contributed by atoms with Crippen molar-refractivity contribution >= 4 is 0 Å². The maximum Gasteiger partial charge on any atom is 0.387 e. The van der Waals surface area contributed by atoms with Gasteiger partial charge in [-0.05, 0) is 44.0 Å². The van der Waals surface area contributed by atoms with Gasteiger partial charge in [0.1, 0.15) is 0 Å². The Hall–Kier alpha value is -1.40. The number of ether oxygens (including phenoxy) is 2. The Morgan fingerprint density at radius 1 is 1.33 bits per heavy atom. The number of piperidine rings is 1. The fraction of sp³-hybridized carbons (Fsp3) is 0.600. The second-order valence-corrected chi connectivity index (χ2v) is 5.02. The van der Waals surface area contributed by atoms with Crippen LogP contribution >= 0.6 is 0 Å². The van der Waals surface area contributed by atoms with E-state index in [-0.39, 0.29) is 17.5 Å². The zero-order valence-electron chi connectivity index (χ0n) is 12.0. The van der Waals surface area contributed by atoms with E-state index in [4.69, 9.17) is 4.74 Å². The van der Waals surface area contributed by atoms with E-state index >= 15 is 0 Å². The normalized spacial score (nSPS) is 20.3. The van der Waals surface area contributed by atoms with Crippen LogP contribution in [-0.2, 0) is 0 Å². The van der Waals surface area contributed by atoms with Gasteiger partial charge >= 0.3 is 6.61 Å². The second kappa shape index (κ2) is 7.56. The van der Waals surface area contributed by atoms with Gasteiger partial charge in [-0.3, -0.25) is 0 Å². The van der Waals surface area contributed by atoms with Crippen molar-refractivity contribution < 1.29 is 23.4 Å². The van der Waals surface area contributed by atoms with Gasteiger partial charge in [0.25, 0.3) is 0 Å². The molecule has 0 amide bonds. The first-order chi connectivity index (χ1) is 10.1. The molecule has 2 atom stereocenters. The Bertz CT molecular complexity index is 451. The van der Waals surface area contributed by atoms with Crippen molar-refractivity contribution in [2.45, 2.75) is 44.9 Å². The highest BCUT2D eigenvalue weighted by Crippen LogP contribution is 2.33. The zero-order valence-corrected chi connectivity index (χ0v) is 12.0. The van der Waals surface area contributed by atoms with E-state index in [0.29, 0.717) is 12.2 Å². The number of nitrogens with one attached hydrogen (secondary N) is 1. The number of hydrogen-bond acceptors (Lipinski definition) is 4. The summed E-state index contributed by atoms with van der Waals surface area (Å²) in [6, 6.07) is 4.57. The van der Waals surface area contributed by atoms with E-state index < -0.39 is 12.7 Å². The minimum atomic E-state index is -2.90. The number of hydrogen-bond donors (Lipinski definition) is 2. The van der Waals surface area contributed by atoms with E-state index in [1.165, 1.54) is 6.07 Å². The van der Waals surface area contributed by atoms with Crippen LogP contribution in [0.1, 0.15) is 37.9 Å². The number of benzene rings is 1. The lowest BCUT2D eigenvalue weighted by atomic mass is 9.95. The third-order valence-corrected chi connectivity index (χ3v) is 3.55. The molecule has 21 heavy (non-hydrogen) atoms. The van der Waals surface area contributed by atoms with Gasteiger partial charge < -0.3 is 19.9 Å². The fourth-order valence-electron chi connectivity index (χ4n) is 2.55. The number of alkyl halides is 2. The van der Waals surface area contributed by atoms with Crippen LogP contribution in [0.2, 0.25) is 0 Å². The highest BCUT2D eigenvalue weighted by Gasteiger charge is 2.24. The summed E-state index contributed by atoms with van der Waals surface area (Å²) < 4.78 is 34.5. The summed E-state index contributed by atoms with van der Waals surface area (Å²) >= 11 is 0. The quantitative estimate of drug-likeness (QED) is 0.848. The van der Waals surface area contributed by atoms with E-state index in [9.17, 15) is 13.9 Å². The Kier molecular flexibility index (Phi) is 5.76. The summed E-state index contributed by atoms with van der Waals surface area (Å²) in [7, 11) is 0. The van der Waals surface area contributed by atoms with E-state index in [2.05, 4.69) is 10.1 Å². The summed E-state index contributed by atoms with van der Waals surface area (Å²) in [6.45, 7) is 0.0748. The van der Waals surface area contributed by atoms with Crippen LogP contribution in [0.4, 0.5) is 8.78 Å². The average molecular weight is 301 g/mol. The molecule has 2 unspecified atom stereocenters. The summed E-state index contributed by atoms with van der Waals surface area (Å²) in [4.78, 5) is 0. The first-order valence-corrected chi connectivity index (χ1v) is 7.24. The molecule has 2 N–H and O–H groups in total. The van der Waals surface area contributed by atoms with E-state index in [1.807, 2.05) is 0 Å². The number of aliphatic hydroxyl groups is 1. The van der Waals surface area contributed by atoms with Crippen molar-refractivity contribution in [2.75, 3.05) is 13.2 Å². The zero-order chi connectivity index (χ0) is 15.2. The molecule has 4 nitrogen and oxygen atoms in total. The maximum atomic E-state index is 12.4. The van der Waals surface area contributed by atoms with Crippen LogP contribution in [0.5, 0.6) is 11.5 Å². The van der Waals surface area contributed by atoms with Gasteiger partial charge in [0, 0.05) is 6.04 Å². The Morgan fingerprint density at radius 2 is 2.14 bits per heavy atom. The van der Waals surface area contributed by atoms with Gasteiger partial charge in [0.15, 0.2) is 11.5 Å². The Morgan fingerprint density at radius 3 is 2.76 bits per heavy atom. The lowest BCUT2D eigenvalue weighted by molar-refractivity contribution is -0.0514. The van der Waals surface area contributed by atoms with Gasteiger partial charge in [-0.1, -0.05) is 12.5 Å². The van der Waals surface area contributed by atoms with E-state index in [0.717, 1.165) is 25.8 Å². The first-order valence-electron chi connectivity index (χ1n) is 7.24. The summed E-state index contributed by atoms with van der Waals surface area (Å²) in [6.07, 6.45) is 2.37. The van der Waals surface area contributed by atoms with Crippen molar-refractivity contribution in [1.29, 1.82) is 0 Å². The first kappa shape index (κ1) is 16.0. The number of halogens is 2. The molecule has 1 heterocycles. The molecule has 0 saturated carbocycles. The number of rotatable bonds is 6. The Labute approximate surface area is 123 Å². The molecule has 0 spiro atoms. The minimum absolute atomic E-state index is 0.0144. The lowest BCUT2D eigenvalue weighted by Gasteiger charge is -2.28. The van der Waals surface area contributed by atoms with Crippen LogP contribution in [0.15, 0.2) is 18.2 Å². The molecule has 1 fully saturated rings. The third-order valence-electron chi connectivity index (χ3n) is 3.55. The molecule has 0 aromatic heterocycles. The molecular formula is C15H21F2NO3. The van der Waals surface area contributed by atoms with E-state index in [1.54, 1.807) is 19.1 Å². The molecule has 1 aromatic rings. The monoisotopic (exact) mass is 301 g/mol. The average Bonchev–Trinajstić information content (AvgIpc) is 2.49. The van der Waals surface area contributed by atoms with Crippen molar-refractivity contribution in [1.82, 2.24) is 5.32 Å². The minimum Gasteiger partial charge on any atom is -0.490 e. The highest BCUT2D eigenvalue weighted by molar-refractivity contribution is 5.44. The van der Waals surface area contributed by atoms with Crippen LogP contribution in [0.25, 0.3) is 0 Å². The molecule has 1 aliphatic rings. The predicted molar refractivity (Wildman–Crippen MR) is 74.8 cm³/mol. The second-order valence-electron chi connectivity index (χ2n) is 5.02. The molecular weight excluding hydrogens is 280 g/mol. The molecule has 0 radical (unpaired) electrons. The van der Waals surface area contributed by atoms with Crippen molar-refractivity contribution in [3.63, 3.8) is 0 Å². The Balaban J connectivity index is 2.17. The van der Waals surface area contributed by atoms with Crippen molar-refractivity contribution in [3.8, 4) is 11.5 Å². The largest absolute Gasteiger partial charge is 0.490 e. The lowest BCUT2D eigenvalue weighted by Crippen LogP contribution is -2.38. The number of aliphatic hydroxyl groups excluding tert-OH is 1. The van der Waals surface area contributed by atoms with Gasteiger partial charge in [0.2, 0.25) is 0 Å². The molecule has 1 aliphatic heterocycles. The van der Waals surface area contributed by atoms with Crippen LogP contribution in [0, 0.1) is 0 Å². The highest BCUT2D eigenvalue weighted by atomic mass is 19.3.